The Hall–Kier alpha value is -0.0800. The third-order valence-corrected chi connectivity index (χ3v) is 4.80. The second-order valence-electron chi connectivity index (χ2n) is 6.55. The molecular weight excluding hydrogens is 234 g/mol. The standard InChI is InChI=1S/C17H35NO/c1-5-11-18-17(12-14(3)13-19-4)16-9-7-15(6-2)8-10-16/h14-18H,5-13H2,1-4H3. The molecule has 2 nitrogen and oxygen atoms in total. The van der Waals surface area contributed by atoms with Gasteiger partial charge < -0.3 is 10.1 Å². The number of rotatable bonds is 9. The van der Waals surface area contributed by atoms with Gasteiger partial charge in [-0.1, -0.05) is 40.0 Å². The summed E-state index contributed by atoms with van der Waals surface area (Å²) in [4.78, 5) is 0. The highest BCUT2D eigenvalue weighted by molar-refractivity contribution is 4.83. The Labute approximate surface area is 120 Å². The predicted octanol–water partition coefficient (Wildman–Crippen LogP) is 4.24. The van der Waals surface area contributed by atoms with E-state index in [9.17, 15) is 0 Å². The maximum Gasteiger partial charge on any atom is 0.0488 e. The molecule has 2 atom stereocenters. The lowest BCUT2D eigenvalue weighted by molar-refractivity contribution is 0.132. The molecule has 1 rings (SSSR count). The van der Waals surface area contributed by atoms with E-state index < -0.39 is 0 Å². The Morgan fingerprint density at radius 3 is 2.37 bits per heavy atom. The Morgan fingerprint density at radius 2 is 1.84 bits per heavy atom. The molecule has 0 aromatic heterocycles. The van der Waals surface area contributed by atoms with Crippen molar-refractivity contribution in [1.29, 1.82) is 0 Å². The molecule has 1 fully saturated rings. The summed E-state index contributed by atoms with van der Waals surface area (Å²) in [5, 5.41) is 3.81. The molecule has 0 aromatic rings. The highest BCUT2D eigenvalue weighted by Gasteiger charge is 2.27. The summed E-state index contributed by atoms with van der Waals surface area (Å²) >= 11 is 0. The summed E-state index contributed by atoms with van der Waals surface area (Å²) in [5.74, 6) is 2.57. The summed E-state index contributed by atoms with van der Waals surface area (Å²) in [7, 11) is 1.82. The van der Waals surface area contributed by atoms with E-state index in [1.165, 1.54) is 44.9 Å². The van der Waals surface area contributed by atoms with E-state index in [4.69, 9.17) is 4.74 Å². The van der Waals surface area contributed by atoms with Gasteiger partial charge in [-0.3, -0.25) is 0 Å². The van der Waals surface area contributed by atoms with Gasteiger partial charge in [0, 0.05) is 19.8 Å². The number of ether oxygens (including phenoxy) is 1. The van der Waals surface area contributed by atoms with Crippen molar-refractivity contribution in [3.8, 4) is 0 Å². The van der Waals surface area contributed by atoms with Crippen molar-refractivity contribution >= 4 is 0 Å². The maximum atomic E-state index is 5.30. The first-order valence-electron chi connectivity index (χ1n) is 8.43. The highest BCUT2D eigenvalue weighted by atomic mass is 16.5. The molecule has 1 N–H and O–H groups in total. The quantitative estimate of drug-likeness (QED) is 0.676. The second-order valence-corrected chi connectivity index (χ2v) is 6.55. The smallest absolute Gasteiger partial charge is 0.0488 e. The summed E-state index contributed by atoms with van der Waals surface area (Å²) < 4.78 is 5.30. The predicted molar refractivity (Wildman–Crippen MR) is 83.5 cm³/mol. The minimum Gasteiger partial charge on any atom is -0.384 e. The van der Waals surface area contributed by atoms with E-state index in [0.29, 0.717) is 12.0 Å². The van der Waals surface area contributed by atoms with Crippen molar-refractivity contribution in [3.05, 3.63) is 0 Å². The lowest BCUT2D eigenvalue weighted by atomic mass is 9.76. The van der Waals surface area contributed by atoms with Gasteiger partial charge in [-0.2, -0.15) is 0 Å². The van der Waals surface area contributed by atoms with E-state index in [1.54, 1.807) is 0 Å². The lowest BCUT2D eigenvalue weighted by Crippen LogP contribution is -2.40. The highest BCUT2D eigenvalue weighted by Crippen LogP contribution is 2.34. The fourth-order valence-corrected chi connectivity index (χ4v) is 3.56. The lowest BCUT2D eigenvalue weighted by Gasteiger charge is -2.35. The first-order valence-corrected chi connectivity index (χ1v) is 8.43. The zero-order valence-corrected chi connectivity index (χ0v) is 13.6. The van der Waals surface area contributed by atoms with Gasteiger partial charge in [0.2, 0.25) is 0 Å². The first kappa shape index (κ1) is 17.0. The van der Waals surface area contributed by atoms with E-state index in [2.05, 4.69) is 26.1 Å². The van der Waals surface area contributed by atoms with Gasteiger partial charge in [-0.25, -0.2) is 0 Å². The molecule has 1 aliphatic rings. The van der Waals surface area contributed by atoms with Crippen LogP contribution >= 0.6 is 0 Å². The molecule has 0 bridgehead atoms. The van der Waals surface area contributed by atoms with Gasteiger partial charge in [0.15, 0.2) is 0 Å². The molecule has 0 heterocycles. The number of methoxy groups -OCH3 is 1. The molecule has 19 heavy (non-hydrogen) atoms. The Morgan fingerprint density at radius 1 is 1.16 bits per heavy atom. The summed E-state index contributed by atoms with van der Waals surface area (Å²) in [6, 6.07) is 0.711. The summed E-state index contributed by atoms with van der Waals surface area (Å²) in [5.41, 5.74) is 0. The fourth-order valence-electron chi connectivity index (χ4n) is 3.56. The van der Waals surface area contributed by atoms with Gasteiger partial charge >= 0.3 is 0 Å². The van der Waals surface area contributed by atoms with E-state index in [1.807, 2.05) is 7.11 Å². The van der Waals surface area contributed by atoms with Crippen LogP contribution in [0.1, 0.15) is 65.7 Å². The second kappa shape index (κ2) is 9.77. The fraction of sp³-hybridized carbons (Fsp3) is 1.00. The van der Waals surface area contributed by atoms with Gasteiger partial charge in [0.05, 0.1) is 0 Å². The molecule has 1 saturated carbocycles. The van der Waals surface area contributed by atoms with Crippen LogP contribution in [-0.2, 0) is 4.74 Å². The average Bonchev–Trinajstić information content (AvgIpc) is 2.44. The molecule has 0 aliphatic heterocycles. The number of hydrogen-bond acceptors (Lipinski definition) is 2. The zero-order chi connectivity index (χ0) is 14.1. The minimum atomic E-state index is 0.670. The summed E-state index contributed by atoms with van der Waals surface area (Å²) in [6.45, 7) is 8.99. The molecule has 0 aromatic carbocycles. The molecule has 0 amide bonds. The van der Waals surface area contributed by atoms with Crippen molar-refractivity contribution in [1.82, 2.24) is 5.32 Å². The molecule has 0 spiro atoms. The first-order chi connectivity index (χ1) is 9.21. The molecular formula is C17H35NO. The van der Waals surface area contributed by atoms with Crippen molar-refractivity contribution in [2.45, 2.75) is 71.8 Å². The van der Waals surface area contributed by atoms with Crippen molar-refractivity contribution < 1.29 is 4.74 Å². The third kappa shape index (κ3) is 6.27. The van der Waals surface area contributed by atoms with Gasteiger partial charge in [0.25, 0.3) is 0 Å². The zero-order valence-electron chi connectivity index (χ0n) is 13.6. The van der Waals surface area contributed by atoms with Crippen LogP contribution in [0, 0.1) is 17.8 Å². The van der Waals surface area contributed by atoms with Gasteiger partial charge in [0.1, 0.15) is 0 Å². The van der Waals surface area contributed by atoms with E-state index in [-0.39, 0.29) is 0 Å². The largest absolute Gasteiger partial charge is 0.384 e. The van der Waals surface area contributed by atoms with Crippen LogP contribution in [0.4, 0.5) is 0 Å². The van der Waals surface area contributed by atoms with Crippen molar-refractivity contribution in [2.75, 3.05) is 20.3 Å². The molecule has 2 unspecified atom stereocenters. The Balaban J connectivity index is 2.43. The van der Waals surface area contributed by atoms with Crippen molar-refractivity contribution in [3.63, 3.8) is 0 Å². The van der Waals surface area contributed by atoms with Crippen LogP contribution in [0.15, 0.2) is 0 Å². The maximum absolute atomic E-state index is 5.30. The molecule has 0 saturated heterocycles. The van der Waals surface area contributed by atoms with Crippen molar-refractivity contribution in [2.24, 2.45) is 17.8 Å². The summed E-state index contributed by atoms with van der Waals surface area (Å²) in [6.07, 6.45) is 9.64. The third-order valence-electron chi connectivity index (χ3n) is 4.80. The molecule has 0 radical (unpaired) electrons. The minimum absolute atomic E-state index is 0.670. The van der Waals surface area contributed by atoms with Crippen LogP contribution in [0.2, 0.25) is 0 Å². The van der Waals surface area contributed by atoms with Crippen LogP contribution < -0.4 is 5.32 Å². The van der Waals surface area contributed by atoms with Crippen LogP contribution in [0.3, 0.4) is 0 Å². The van der Waals surface area contributed by atoms with Crippen LogP contribution in [-0.4, -0.2) is 26.3 Å². The topological polar surface area (TPSA) is 21.3 Å². The van der Waals surface area contributed by atoms with E-state index >= 15 is 0 Å². The van der Waals surface area contributed by atoms with Crippen LogP contribution in [0.25, 0.3) is 0 Å². The average molecular weight is 269 g/mol. The number of hydrogen-bond donors (Lipinski definition) is 1. The van der Waals surface area contributed by atoms with Gasteiger partial charge in [-0.15, -0.1) is 0 Å². The Kier molecular flexibility index (Phi) is 8.72. The number of nitrogens with one attached hydrogen (secondary N) is 1. The molecule has 114 valence electrons. The normalized spacial score (nSPS) is 27.2. The molecule has 2 heteroatoms. The van der Waals surface area contributed by atoms with Gasteiger partial charge in [-0.05, 0) is 50.0 Å². The molecule has 1 aliphatic carbocycles. The monoisotopic (exact) mass is 269 g/mol. The van der Waals surface area contributed by atoms with E-state index in [0.717, 1.165) is 25.0 Å². The Bertz CT molecular complexity index is 211. The van der Waals surface area contributed by atoms with Crippen LogP contribution in [0.5, 0.6) is 0 Å². The SMILES string of the molecule is CCCNC(CC(C)COC)C1CCC(CC)CC1.